The van der Waals surface area contributed by atoms with Crippen LogP contribution in [-0.4, -0.2) is 33.8 Å². The van der Waals surface area contributed by atoms with Gasteiger partial charge in [-0.15, -0.1) is 11.8 Å². The van der Waals surface area contributed by atoms with Crippen molar-refractivity contribution in [2.45, 2.75) is 88.4 Å². The van der Waals surface area contributed by atoms with E-state index in [1.165, 1.54) is 44.9 Å². The van der Waals surface area contributed by atoms with Gasteiger partial charge in [0.2, 0.25) is 5.91 Å². The minimum absolute atomic E-state index is 0.106. The first-order chi connectivity index (χ1) is 13.5. The molecule has 0 aromatic rings. The minimum Gasteiger partial charge on any atom is -0.481 e. The fourth-order valence-corrected chi connectivity index (χ4v) is 6.51. The Kier molecular flexibility index (Phi) is 7.86. The van der Waals surface area contributed by atoms with Gasteiger partial charge in [-0.2, -0.15) is 0 Å². The number of aliphatic carboxylic acids is 1. The van der Waals surface area contributed by atoms with E-state index in [-0.39, 0.29) is 11.4 Å². The van der Waals surface area contributed by atoms with E-state index in [1.54, 1.807) is 11.8 Å². The first-order valence-electron chi connectivity index (χ1n) is 11.1. The molecule has 3 aliphatic rings. The summed E-state index contributed by atoms with van der Waals surface area (Å²) >= 11 is 1.78. The van der Waals surface area contributed by atoms with Crippen LogP contribution in [0.15, 0.2) is 12.2 Å². The predicted molar refractivity (Wildman–Crippen MR) is 114 cm³/mol. The third-order valence-corrected chi connectivity index (χ3v) is 8.17. The summed E-state index contributed by atoms with van der Waals surface area (Å²) in [4.78, 5) is 24.2. The van der Waals surface area contributed by atoms with Crippen LogP contribution in [0.5, 0.6) is 0 Å². The second-order valence-electron chi connectivity index (χ2n) is 8.84. The Morgan fingerprint density at radius 1 is 1.14 bits per heavy atom. The Labute approximate surface area is 173 Å². The molecular weight excluding hydrogens is 372 g/mol. The van der Waals surface area contributed by atoms with E-state index >= 15 is 0 Å². The number of rotatable bonds is 7. The van der Waals surface area contributed by atoms with Crippen LogP contribution in [0, 0.1) is 23.7 Å². The van der Waals surface area contributed by atoms with Gasteiger partial charge in [-0.3, -0.25) is 14.9 Å². The Bertz CT molecular complexity index is 574. The van der Waals surface area contributed by atoms with Crippen molar-refractivity contribution < 1.29 is 14.7 Å². The molecule has 2 fully saturated rings. The molecule has 1 amide bonds. The lowest BCUT2D eigenvalue weighted by Crippen LogP contribution is -2.49. The summed E-state index contributed by atoms with van der Waals surface area (Å²) < 4.78 is 0. The SMILES string of the molecule is CCCCC1CCC(C2NC(NC(=O)C3CC=CCC3C(=O)O)SC2C)CC1. The van der Waals surface area contributed by atoms with Crippen molar-refractivity contribution in [1.29, 1.82) is 0 Å². The monoisotopic (exact) mass is 408 g/mol. The lowest BCUT2D eigenvalue weighted by molar-refractivity contribution is -0.147. The van der Waals surface area contributed by atoms with Crippen LogP contribution >= 0.6 is 11.8 Å². The summed E-state index contributed by atoms with van der Waals surface area (Å²) in [7, 11) is 0. The Balaban J connectivity index is 1.49. The molecule has 158 valence electrons. The number of amides is 1. The molecule has 1 heterocycles. The van der Waals surface area contributed by atoms with E-state index in [9.17, 15) is 14.7 Å². The van der Waals surface area contributed by atoms with Gasteiger partial charge < -0.3 is 10.4 Å². The Morgan fingerprint density at radius 3 is 2.46 bits per heavy atom. The highest BCUT2D eigenvalue weighted by molar-refractivity contribution is 8.00. The normalized spacial score (nSPS) is 38.3. The minimum atomic E-state index is -0.873. The van der Waals surface area contributed by atoms with Crippen molar-refractivity contribution in [2.75, 3.05) is 0 Å². The number of carboxylic acid groups (broad SMARTS) is 1. The van der Waals surface area contributed by atoms with Crippen LogP contribution < -0.4 is 10.6 Å². The average molecular weight is 409 g/mol. The summed E-state index contributed by atoms with van der Waals surface area (Å²) in [5.41, 5.74) is -0.106. The van der Waals surface area contributed by atoms with Crippen LogP contribution in [0.4, 0.5) is 0 Å². The van der Waals surface area contributed by atoms with Gasteiger partial charge >= 0.3 is 5.97 Å². The van der Waals surface area contributed by atoms with Gasteiger partial charge in [0.1, 0.15) is 5.50 Å². The van der Waals surface area contributed by atoms with Crippen LogP contribution in [0.3, 0.4) is 0 Å². The maximum Gasteiger partial charge on any atom is 0.307 e. The molecule has 5 nitrogen and oxygen atoms in total. The van der Waals surface area contributed by atoms with E-state index < -0.39 is 17.8 Å². The van der Waals surface area contributed by atoms with Crippen molar-refractivity contribution in [3.63, 3.8) is 0 Å². The topological polar surface area (TPSA) is 78.4 Å². The molecule has 0 aromatic carbocycles. The highest BCUT2D eigenvalue weighted by Crippen LogP contribution is 2.39. The van der Waals surface area contributed by atoms with Crippen molar-refractivity contribution in [3.05, 3.63) is 12.2 Å². The van der Waals surface area contributed by atoms with Gasteiger partial charge in [0, 0.05) is 11.3 Å². The van der Waals surface area contributed by atoms with Crippen LogP contribution in [0.25, 0.3) is 0 Å². The number of thioether (sulfide) groups is 1. The first-order valence-corrected chi connectivity index (χ1v) is 12.0. The van der Waals surface area contributed by atoms with Crippen molar-refractivity contribution in [1.82, 2.24) is 10.6 Å². The highest BCUT2D eigenvalue weighted by atomic mass is 32.2. The second-order valence-corrected chi connectivity index (χ2v) is 10.3. The molecule has 1 saturated heterocycles. The fourth-order valence-electron chi connectivity index (χ4n) is 5.19. The standard InChI is InChI=1S/C22H36N2O3S/c1-3-4-7-15-10-12-16(13-11-15)19-14(2)28-22(23-19)24-20(25)17-8-5-6-9-18(17)21(26)27/h5-6,14-19,22-23H,3-4,7-13H2,1-2H3,(H,24,25)(H,26,27). The van der Waals surface area contributed by atoms with E-state index in [0.29, 0.717) is 30.1 Å². The summed E-state index contributed by atoms with van der Waals surface area (Å²) in [5.74, 6) is -0.480. The van der Waals surface area contributed by atoms with E-state index in [0.717, 1.165) is 5.92 Å². The number of nitrogens with one attached hydrogen (secondary N) is 2. The lowest BCUT2D eigenvalue weighted by atomic mass is 9.76. The average Bonchev–Trinajstić information content (AvgIpc) is 3.06. The summed E-state index contributed by atoms with van der Waals surface area (Å²) in [6.45, 7) is 4.52. The zero-order valence-corrected chi connectivity index (χ0v) is 18.0. The summed E-state index contributed by atoms with van der Waals surface area (Å²) in [5, 5.41) is 16.6. The zero-order chi connectivity index (χ0) is 20.1. The van der Waals surface area contributed by atoms with E-state index in [2.05, 4.69) is 24.5 Å². The molecule has 0 radical (unpaired) electrons. The maximum absolute atomic E-state index is 12.7. The van der Waals surface area contributed by atoms with Crippen LogP contribution in [-0.2, 0) is 9.59 Å². The third kappa shape index (κ3) is 5.32. The number of hydrogen-bond donors (Lipinski definition) is 3. The molecule has 2 aliphatic carbocycles. The van der Waals surface area contributed by atoms with Gasteiger partial charge in [0.05, 0.1) is 11.8 Å². The van der Waals surface area contributed by atoms with Crippen molar-refractivity contribution in [3.8, 4) is 0 Å². The highest BCUT2D eigenvalue weighted by Gasteiger charge is 2.40. The van der Waals surface area contributed by atoms with Gasteiger partial charge in [-0.1, -0.05) is 58.1 Å². The summed E-state index contributed by atoms with van der Waals surface area (Å²) in [6.07, 6.45) is 14.0. The fraction of sp³-hybridized carbons (Fsp3) is 0.818. The largest absolute Gasteiger partial charge is 0.481 e. The van der Waals surface area contributed by atoms with E-state index in [1.807, 2.05) is 12.2 Å². The maximum atomic E-state index is 12.7. The molecule has 5 atom stereocenters. The molecule has 6 heteroatoms. The first kappa shape index (κ1) is 21.7. The second kappa shape index (κ2) is 10.1. The molecule has 3 N–H and O–H groups in total. The molecule has 0 spiro atoms. The third-order valence-electron chi connectivity index (χ3n) is 6.93. The van der Waals surface area contributed by atoms with Crippen molar-refractivity contribution in [2.24, 2.45) is 23.7 Å². The van der Waals surface area contributed by atoms with Crippen LogP contribution in [0.2, 0.25) is 0 Å². The lowest BCUT2D eigenvalue weighted by Gasteiger charge is -2.34. The van der Waals surface area contributed by atoms with Gasteiger partial charge in [-0.05, 0) is 37.5 Å². The van der Waals surface area contributed by atoms with Gasteiger partial charge in [0.25, 0.3) is 0 Å². The number of allylic oxidation sites excluding steroid dienone is 2. The number of unbranched alkanes of at least 4 members (excludes halogenated alkanes) is 1. The molecule has 1 saturated carbocycles. The molecule has 1 aliphatic heterocycles. The van der Waals surface area contributed by atoms with Gasteiger partial charge in [0.15, 0.2) is 0 Å². The van der Waals surface area contributed by atoms with E-state index in [4.69, 9.17) is 0 Å². The Hall–Kier alpha value is -1.01. The Morgan fingerprint density at radius 2 is 1.82 bits per heavy atom. The predicted octanol–water partition coefficient (Wildman–Crippen LogP) is 4.14. The number of carbonyl (C=O) groups excluding carboxylic acids is 1. The zero-order valence-electron chi connectivity index (χ0n) is 17.2. The molecule has 28 heavy (non-hydrogen) atoms. The van der Waals surface area contributed by atoms with Crippen LogP contribution in [0.1, 0.15) is 71.6 Å². The number of hydrogen-bond acceptors (Lipinski definition) is 4. The summed E-state index contributed by atoms with van der Waals surface area (Å²) in [6, 6.07) is 0.434. The molecular formula is C22H36N2O3S. The van der Waals surface area contributed by atoms with Crippen molar-refractivity contribution >= 4 is 23.6 Å². The van der Waals surface area contributed by atoms with Gasteiger partial charge in [-0.25, -0.2) is 0 Å². The number of carboxylic acids is 1. The molecule has 5 unspecified atom stereocenters. The smallest absolute Gasteiger partial charge is 0.307 e. The number of carbonyl (C=O) groups is 2. The molecule has 0 aromatic heterocycles. The molecule has 3 rings (SSSR count). The molecule has 0 bridgehead atoms. The quantitative estimate of drug-likeness (QED) is 0.552.